The lowest BCUT2D eigenvalue weighted by molar-refractivity contribution is 0.568. The van der Waals surface area contributed by atoms with Crippen LogP contribution in [0.4, 0.5) is 4.39 Å². The average Bonchev–Trinajstić information content (AvgIpc) is 2.28. The number of hydrazine groups is 1. The van der Waals surface area contributed by atoms with Gasteiger partial charge in [-0.05, 0) is 24.1 Å². The molecule has 2 nitrogen and oxygen atoms in total. The summed E-state index contributed by atoms with van der Waals surface area (Å²) in [5.41, 5.74) is 3.68. The summed E-state index contributed by atoms with van der Waals surface area (Å²) >= 11 is 7.48. The molecule has 0 spiro atoms. The van der Waals surface area contributed by atoms with Crippen LogP contribution < -0.4 is 11.3 Å². The molecule has 1 atom stereocenters. The smallest absolute Gasteiger partial charge is 0.142 e. The van der Waals surface area contributed by atoms with Crippen LogP contribution in [0.15, 0.2) is 18.2 Å². The fourth-order valence-corrected chi connectivity index (χ4v) is 2.50. The van der Waals surface area contributed by atoms with E-state index < -0.39 is 0 Å². The molecule has 0 aliphatic heterocycles. The molecule has 0 bridgehead atoms. The van der Waals surface area contributed by atoms with Crippen LogP contribution in [0.3, 0.4) is 0 Å². The maximum absolute atomic E-state index is 13.3. The molecule has 1 rings (SSSR count). The number of nitrogens with one attached hydrogen (secondary N) is 1. The SMILES string of the molecule is CC(C)(C)SCC(Cc1ccc(Cl)c(F)c1)NN. The minimum absolute atomic E-state index is 0.120. The van der Waals surface area contributed by atoms with Crippen LogP contribution in [0.25, 0.3) is 0 Å². The van der Waals surface area contributed by atoms with E-state index in [1.807, 2.05) is 17.8 Å². The summed E-state index contributed by atoms with van der Waals surface area (Å²) in [6.45, 7) is 6.48. The molecule has 0 aliphatic carbocycles. The Morgan fingerprint density at radius 1 is 1.44 bits per heavy atom. The van der Waals surface area contributed by atoms with Crippen molar-refractivity contribution in [3.05, 3.63) is 34.6 Å². The minimum atomic E-state index is -0.381. The maximum Gasteiger partial charge on any atom is 0.142 e. The average molecular weight is 291 g/mol. The summed E-state index contributed by atoms with van der Waals surface area (Å²) in [6.07, 6.45) is 0.688. The highest BCUT2D eigenvalue weighted by Crippen LogP contribution is 2.24. The first-order valence-electron chi connectivity index (χ1n) is 5.86. The van der Waals surface area contributed by atoms with Gasteiger partial charge in [-0.1, -0.05) is 38.4 Å². The van der Waals surface area contributed by atoms with Crippen molar-refractivity contribution < 1.29 is 4.39 Å². The van der Waals surface area contributed by atoms with Gasteiger partial charge in [-0.3, -0.25) is 11.3 Å². The van der Waals surface area contributed by atoms with Gasteiger partial charge in [0, 0.05) is 16.5 Å². The van der Waals surface area contributed by atoms with Crippen molar-refractivity contribution in [2.24, 2.45) is 5.84 Å². The number of nitrogens with two attached hydrogens (primary N) is 1. The zero-order valence-corrected chi connectivity index (χ0v) is 12.5. The van der Waals surface area contributed by atoms with Crippen LogP contribution in [-0.2, 0) is 6.42 Å². The van der Waals surface area contributed by atoms with Crippen LogP contribution >= 0.6 is 23.4 Å². The summed E-state index contributed by atoms with van der Waals surface area (Å²) in [6, 6.07) is 5.00. The van der Waals surface area contributed by atoms with Gasteiger partial charge in [-0.2, -0.15) is 11.8 Å². The predicted molar refractivity (Wildman–Crippen MR) is 78.4 cm³/mol. The monoisotopic (exact) mass is 290 g/mol. The number of rotatable bonds is 5. The van der Waals surface area contributed by atoms with Gasteiger partial charge in [-0.15, -0.1) is 0 Å². The molecule has 3 N–H and O–H groups in total. The van der Waals surface area contributed by atoms with Crippen molar-refractivity contribution in [2.75, 3.05) is 5.75 Å². The normalized spacial score (nSPS) is 13.7. The second-order valence-electron chi connectivity index (χ2n) is 5.24. The molecule has 0 fully saturated rings. The van der Waals surface area contributed by atoms with Crippen LogP contribution in [-0.4, -0.2) is 16.5 Å². The molecule has 5 heteroatoms. The molecular formula is C13H20ClFN2S. The van der Waals surface area contributed by atoms with Gasteiger partial charge >= 0.3 is 0 Å². The first-order valence-corrected chi connectivity index (χ1v) is 7.22. The van der Waals surface area contributed by atoms with Gasteiger partial charge in [0.05, 0.1) is 5.02 Å². The second kappa shape index (κ2) is 6.75. The molecule has 0 saturated carbocycles. The van der Waals surface area contributed by atoms with E-state index in [0.717, 1.165) is 11.3 Å². The van der Waals surface area contributed by atoms with Crippen LogP contribution in [0, 0.1) is 5.82 Å². The molecular weight excluding hydrogens is 271 g/mol. The molecule has 102 valence electrons. The van der Waals surface area contributed by atoms with Crippen molar-refractivity contribution in [1.82, 2.24) is 5.43 Å². The van der Waals surface area contributed by atoms with E-state index in [9.17, 15) is 4.39 Å². The molecule has 0 heterocycles. The Morgan fingerprint density at radius 2 is 2.11 bits per heavy atom. The van der Waals surface area contributed by atoms with Crippen molar-refractivity contribution in [2.45, 2.75) is 38.0 Å². The zero-order valence-electron chi connectivity index (χ0n) is 11.0. The third-order valence-corrected chi connectivity index (χ3v) is 4.16. The van der Waals surface area contributed by atoms with Crippen molar-refractivity contribution in [1.29, 1.82) is 0 Å². The van der Waals surface area contributed by atoms with Gasteiger partial charge < -0.3 is 0 Å². The van der Waals surface area contributed by atoms with E-state index >= 15 is 0 Å². The molecule has 1 aromatic rings. The highest BCUT2D eigenvalue weighted by atomic mass is 35.5. The van der Waals surface area contributed by atoms with Crippen molar-refractivity contribution >= 4 is 23.4 Å². The first-order chi connectivity index (χ1) is 8.31. The fourth-order valence-electron chi connectivity index (χ4n) is 1.47. The third kappa shape index (κ3) is 5.57. The van der Waals surface area contributed by atoms with Crippen LogP contribution in [0.5, 0.6) is 0 Å². The number of hydrogen-bond donors (Lipinski definition) is 2. The lowest BCUT2D eigenvalue weighted by Crippen LogP contribution is -2.39. The summed E-state index contributed by atoms with van der Waals surface area (Å²) in [4.78, 5) is 0. The summed E-state index contributed by atoms with van der Waals surface area (Å²) in [7, 11) is 0. The van der Waals surface area contributed by atoms with Gasteiger partial charge in [0.1, 0.15) is 5.82 Å². The molecule has 0 aliphatic rings. The van der Waals surface area contributed by atoms with Gasteiger partial charge in [-0.25, -0.2) is 4.39 Å². The maximum atomic E-state index is 13.3. The quantitative estimate of drug-likeness (QED) is 0.645. The molecule has 1 aromatic carbocycles. The zero-order chi connectivity index (χ0) is 13.8. The summed E-state index contributed by atoms with van der Waals surface area (Å²) in [5, 5.41) is 0.153. The largest absolute Gasteiger partial charge is 0.271 e. The molecule has 0 amide bonds. The number of thioether (sulfide) groups is 1. The van der Waals surface area contributed by atoms with Crippen LogP contribution in [0.1, 0.15) is 26.3 Å². The van der Waals surface area contributed by atoms with E-state index in [0.29, 0.717) is 6.42 Å². The van der Waals surface area contributed by atoms with Gasteiger partial charge in [0.15, 0.2) is 0 Å². The first kappa shape index (κ1) is 15.8. The van der Waals surface area contributed by atoms with Crippen molar-refractivity contribution in [3.63, 3.8) is 0 Å². The van der Waals surface area contributed by atoms with E-state index in [4.69, 9.17) is 17.4 Å². The van der Waals surface area contributed by atoms with Crippen molar-refractivity contribution in [3.8, 4) is 0 Å². The fraction of sp³-hybridized carbons (Fsp3) is 0.538. The van der Waals surface area contributed by atoms with Gasteiger partial charge in [0.25, 0.3) is 0 Å². The summed E-state index contributed by atoms with van der Waals surface area (Å²) in [5.74, 6) is 6.03. The Morgan fingerprint density at radius 3 is 2.61 bits per heavy atom. The standard InChI is InChI=1S/C13H20ClFN2S/c1-13(2,3)18-8-10(17-16)6-9-4-5-11(14)12(15)7-9/h4-5,7,10,17H,6,8,16H2,1-3H3. The molecule has 0 saturated heterocycles. The Balaban J connectivity index is 2.59. The lowest BCUT2D eigenvalue weighted by atomic mass is 10.1. The van der Waals surface area contributed by atoms with Crippen LogP contribution in [0.2, 0.25) is 5.02 Å². The van der Waals surface area contributed by atoms with E-state index in [1.54, 1.807) is 6.07 Å². The Hall–Kier alpha value is -0.290. The minimum Gasteiger partial charge on any atom is -0.271 e. The molecule has 1 unspecified atom stereocenters. The summed E-state index contributed by atoms with van der Waals surface area (Å²) < 4.78 is 13.5. The van der Waals surface area contributed by atoms with E-state index in [2.05, 4.69) is 26.2 Å². The number of benzene rings is 1. The number of hydrogen-bond acceptors (Lipinski definition) is 3. The van der Waals surface area contributed by atoms with Gasteiger partial charge in [0.2, 0.25) is 0 Å². The molecule has 18 heavy (non-hydrogen) atoms. The Labute approximate surface area is 117 Å². The lowest BCUT2D eigenvalue weighted by Gasteiger charge is -2.22. The molecule has 0 aromatic heterocycles. The molecule has 0 radical (unpaired) electrons. The Bertz CT molecular complexity index is 393. The number of halogens is 2. The topological polar surface area (TPSA) is 38.0 Å². The second-order valence-corrected chi connectivity index (χ2v) is 7.49. The van der Waals surface area contributed by atoms with E-state index in [-0.39, 0.29) is 21.6 Å². The Kier molecular flexibility index (Phi) is 5.92. The highest BCUT2D eigenvalue weighted by Gasteiger charge is 2.15. The third-order valence-electron chi connectivity index (χ3n) is 2.42. The highest BCUT2D eigenvalue weighted by molar-refractivity contribution is 8.00. The predicted octanol–water partition coefficient (Wildman–Crippen LogP) is 3.39. The van der Waals surface area contributed by atoms with E-state index in [1.165, 1.54) is 6.07 Å².